The number of furan rings is 1. The highest BCUT2D eigenvalue weighted by Crippen LogP contribution is 2.26. The van der Waals surface area contributed by atoms with E-state index in [0.717, 1.165) is 15.0 Å². The summed E-state index contributed by atoms with van der Waals surface area (Å²) in [5, 5.41) is 17.0. The van der Waals surface area contributed by atoms with Crippen molar-refractivity contribution in [3.63, 3.8) is 0 Å². The summed E-state index contributed by atoms with van der Waals surface area (Å²) in [4.78, 5) is 13.2. The number of amides is 1. The molecule has 1 amide bonds. The molecule has 126 valence electrons. The van der Waals surface area contributed by atoms with E-state index in [-0.39, 0.29) is 11.9 Å². The Morgan fingerprint density at radius 2 is 2.29 bits per heavy atom. The van der Waals surface area contributed by atoms with Gasteiger partial charge >= 0.3 is 0 Å². The van der Waals surface area contributed by atoms with Crippen LogP contribution in [-0.4, -0.2) is 21.9 Å². The molecule has 3 rings (SSSR count). The molecule has 0 bridgehead atoms. The van der Waals surface area contributed by atoms with Crippen molar-refractivity contribution >= 4 is 45.5 Å². The summed E-state index contributed by atoms with van der Waals surface area (Å²) in [7, 11) is 0. The summed E-state index contributed by atoms with van der Waals surface area (Å²) in [5.74, 6) is 1.14. The molecule has 0 saturated carbocycles. The maximum absolute atomic E-state index is 12.0. The number of nitrogens with zero attached hydrogens (tertiary/aromatic N) is 2. The van der Waals surface area contributed by atoms with Gasteiger partial charge < -0.3 is 15.1 Å². The van der Waals surface area contributed by atoms with E-state index < -0.39 is 0 Å². The number of nitrogens with one attached hydrogen (secondary N) is 2. The molecule has 0 spiro atoms. The van der Waals surface area contributed by atoms with Crippen LogP contribution in [0.3, 0.4) is 0 Å². The molecule has 0 aliphatic carbocycles. The van der Waals surface area contributed by atoms with Gasteiger partial charge in [-0.1, -0.05) is 29.2 Å². The third-order valence-electron chi connectivity index (χ3n) is 3.07. The number of anilines is 1. The lowest BCUT2D eigenvalue weighted by atomic mass is 10.3. The highest BCUT2D eigenvalue weighted by molar-refractivity contribution is 8.01. The number of hydrogen-bond acceptors (Lipinski definition) is 8. The average Bonchev–Trinajstić information content (AvgIpc) is 3.33. The molecule has 6 nitrogen and oxygen atoms in total. The minimum absolute atomic E-state index is 0.0128. The van der Waals surface area contributed by atoms with Crippen LogP contribution in [0.2, 0.25) is 0 Å². The Morgan fingerprint density at radius 1 is 1.38 bits per heavy atom. The van der Waals surface area contributed by atoms with Gasteiger partial charge in [0.25, 0.3) is 0 Å². The zero-order valence-corrected chi connectivity index (χ0v) is 15.3. The van der Waals surface area contributed by atoms with Crippen molar-refractivity contribution in [3.05, 3.63) is 46.5 Å². The number of hydrogen-bond donors (Lipinski definition) is 2. The molecule has 3 heterocycles. The van der Waals surface area contributed by atoms with Gasteiger partial charge in [0.05, 0.1) is 24.6 Å². The fourth-order valence-corrected chi connectivity index (χ4v) is 4.23. The molecule has 0 aromatic carbocycles. The number of thiophene rings is 1. The second-order valence-corrected chi connectivity index (χ2v) is 8.08. The first-order valence-electron chi connectivity index (χ1n) is 7.26. The molecular weight excluding hydrogens is 364 g/mol. The van der Waals surface area contributed by atoms with Crippen LogP contribution < -0.4 is 10.6 Å². The van der Waals surface area contributed by atoms with E-state index in [9.17, 15) is 4.79 Å². The predicted molar refractivity (Wildman–Crippen MR) is 97.5 cm³/mol. The Bertz CT molecular complexity index is 756. The van der Waals surface area contributed by atoms with Crippen LogP contribution >= 0.6 is 34.4 Å². The summed E-state index contributed by atoms with van der Waals surface area (Å²) >= 11 is 4.45. The van der Waals surface area contributed by atoms with Crippen molar-refractivity contribution < 1.29 is 9.21 Å². The van der Waals surface area contributed by atoms with Crippen LogP contribution in [-0.2, 0) is 11.3 Å². The zero-order chi connectivity index (χ0) is 16.8. The van der Waals surface area contributed by atoms with Gasteiger partial charge in [-0.15, -0.1) is 21.5 Å². The summed E-state index contributed by atoms with van der Waals surface area (Å²) in [5.41, 5.74) is 0. The first-order valence-corrected chi connectivity index (χ1v) is 9.94. The largest absolute Gasteiger partial charge is 0.467 e. The van der Waals surface area contributed by atoms with E-state index in [4.69, 9.17) is 4.42 Å². The third-order valence-corrected chi connectivity index (χ3v) is 6.14. The standard InChI is InChI=1S/C15H16N4O2S3/c1-10(12-5-3-7-22-12)17-13(20)9-23-15-19-18-14(24-15)16-8-11-4-2-6-21-11/h2-7,10H,8-9H2,1H3,(H,16,18)(H,17,20)/t10-/m0/s1. The lowest BCUT2D eigenvalue weighted by Gasteiger charge is -2.11. The van der Waals surface area contributed by atoms with E-state index in [0.29, 0.717) is 17.4 Å². The first kappa shape index (κ1) is 17.0. The highest BCUT2D eigenvalue weighted by atomic mass is 32.2. The van der Waals surface area contributed by atoms with Crippen LogP contribution in [0.1, 0.15) is 23.6 Å². The fraction of sp³-hybridized carbons (Fsp3) is 0.267. The molecule has 0 fully saturated rings. The quantitative estimate of drug-likeness (QED) is 0.579. The highest BCUT2D eigenvalue weighted by Gasteiger charge is 2.12. The Labute approximate surface area is 151 Å². The monoisotopic (exact) mass is 380 g/mol. The van der Waals surface area contributed by atoms with Gasteiger partial charge in [0.2, 0.25) is 11.0 Å². The molecule has 9 heteroatoms. The number of carbonyl (C=O) groups is 1. The smallest absolute Gasteiger partial charge is 0.230 e. The first-order chi connectivity index (χ1) is 11.7. The maximum Gasteiger partial charge on any atom is 0.230 e. The van der Waals surface area contributed by atoms with Crippen molar-refractivity contribution in [1.29, 1.82) is 0 Å². The topological polar surface area (TPSA) is 80.0 Å². The van der Waals surface area contributed by atoms with Crippen molar-refractivity contribution in [2.75, 3.05) is 11.1 Å². The third kappa shape index (κ3) is 4.83. The van der Waals surface area contributed by atoms with Gasteiger partial charge in [0, 0.05) is 4.88 Å². The SMILES string of the molecule is C[C@H](NC(=O)CSc1nnc(NCc2ccco2)s1)c1cccs1. The van der Waals surface area contributed by atoms with Crippen molar-refractivity contribution in [1.82, 2.24) is 15.5 Å². The van der Waals surface area contributed by atoms with Crippen LogP contribution in [0.5, 0.6) is 0 Å². The Hall–Kier alpha value is -1.84. The molecule has 0 aliphatic heterocycles. The predicted octanol–water partition coefficient (Wildman–Crippen LogP) is 3.77. The van der Waals surface area contributed by atoms with Crippen LogP contribution in [0, 0.1) is 0 Å². The minimum atomic E-state index is -0.0128. The minimum Gasteiger partial charge on any atom is -0.467 e. The number of rotatable bonds is 8. The summed E-state index contributed by atoms with van der Waals surface area (Å²) in [6.45, 7) is 2.54. The van der Waals surface area contributed by atoms with E-state index in [1.54, 1.807) is 17.6 Å². The van der Waals surface area contributed by atoms with Gasteiger partial charge in [-0.05, 0) is 30.5 Å². The maximum atomic E-state index is 12.0. The van der Waals surface area contributed by atoms with Crippen molar-refractivity contribution in [3.8, 4) is 0 Å². The number of aromatic nitrogens is 2. The molecule has 0 aliphatic rings. The molecule has 3 aromatic heterocycles. The van der Waals surface area contributed by atoms with Gasteiger partial charge in [-0.3, -0.25) is 4.79 Å². The zero-order valence-electron chi connectivity index (χ0n) is 12.9. The molecule has 0 saturated heterocycles. The molecule has 0 unspecified atom stereocenters. The van der Waals surface area contributed by atoms with Crippen molar-refractivity contribution in [2.45, 2.75) is 23.8 Å². The van der Waals surface area contributed by atoms with E-state index in [2.05, 4.69) is 20.8 Å². The lowest BCUT2D eigenvalue weighted by Crippen LogP contribution is -2.27. The molecule has 1 atom stereocenters. The van der Waals surface area contributed by atoms with E-state index >= 15 is 0 Å². The molecule has 0 radical (unpaired) electrons. The normalized spacial score (nSPS) is 12.0. The molecule has 24 heavy (non-hydrogen) atoms. The molecular formula is C15H16N4O2S3. The van der Waals surface area contributed by atoms with E-state index in [1.165, 1.54) is 23.1 Å². The second-order valence-electron chi connectivity index (χ2n) is 4.90. The Kier molecular flexibility index (Phi) is 5.89. The van der Waals surface area contributed by atoms with Crippen LogP contribution in [0.4, 0.5) is 5.13 Å². The van der Waals surface area contributed by atoms with Gasteiger partial charge in [-0.2, -0.15) is 0 Å². The van der Waals surface area contributed by atoms with Crippen LogP contribution in [0.15, 0.2) is 44.7 Å². The fourth-order valence-electron chi connectivity index (χ4n) is 1.93. The summed E-state index contributed by atoms with van der Waals surface area (Å²) in [6, 6.07) is 7.76. The Morgan fingerprint density at radius 3 is 3.04 bits per heavy atom. The summed E-state index contributed by atoms with van der Waals surface area (Å²) in [6.07, 6.45) is 1.63. The van der Waals surface area contributed by atoms with E-state index in [1.807, 2.05) is 36.6 Å². The van der Waals surface area contributed by atoms with Gasteiger partial charge in [0.1, 0.15) is 5.76 Å². The second kappa shape index (κ2) is 8.32. The molecule has 3 aromatic rings. The Balaban J connectivity index is 1.42. The lowest BCUT2D eigenvalue weighted by molar-refractivity contribution is -0.119. The van der Waals surface area contributed by atoms with Crippen LogP contribution in [0.25, 0.3) is 0 Å². The number of carbonyl (C=O) groups excluding carboxylic acids is 1. The van der Waals surface area contributed by atoms with Gasteiger partial charge in [0.15, 0.2) is 4.34 Å². The summed E-state index contributed by atoms with van der Waals surface area (Å²) < 4.78 is 6.01. The average molecular weight is 381 g/mol. The molecule has 2 N–H and O–H groups in total. The van der Waals surface area contributed by atoms with Crippen molar-refractivity contribution in [2.24, 2.45) is 0 Å². The van der Waals surface area contributed by atoms with Gasteiger partial charge in [-0.25, -0.2) is 0 Å². The number of thioether (sulfide) groups is 1.